The second kappa shape index (κ2) is 6.30. The Balaban J connectivity index is 2.32. The summed E-state index contributed by atoms with van der Waals surface area (Å²) in [6.07, 6.45) is 3.45. The van der Waals surface area contributed by atoms with Gasteiger partial charge < -0.3 is 10.4 Å². The number of carbonyl (C=O) groups excluding carboxylic acids is 1. The zero-order valence-electron chi connectivity index (χ0n) is 11.6. The second-order valence-corrected chi connectivity index (χ2v) is 4.82. The Labute approximate surface area is 118 Å². The summed E-state index contributed by atoms with van der Waals surface area (Å²) in [7, 11) is 0. The van der Waals surface area contributed by atoms with Gasteiger partial charge in [-0.3, -0.25) is 9.78 Å². The second-order valence-electron chi connectivity index (χ2n) is 4.82. The van der Waals surface area contributed by atoms with E-state index in [-0.39, 0.29) is 18.6 Å². The van der Waals surface area contributed by atoms with Gasteiger partial charge in [0.1, 0.15) is 0 Å². The van der Waals surface area contributed by atoms with Gasteiger partial charge in [-0.15, -0.1) is 0 Å². The number of hydrogen-bond donors (Lipinski definition) is 2. The zero-order valence-corrected chi connectivity index (χ0v) is 11.6. The molecule has 0 radical (unpaired) electrons. The number of pyridine rings is 1. The number of nitrogens with one attached hydrogen (secondary N) is 1. The number of aliphatic hydroxyl groups excluding tert-OH is 1. The minimum Gasteiger partial charge on any atom is -0.394 e. The van der Waals surface area contributed by atoms with Crippen molar-refractivity contribution in [2.24, 2.45) is 0 Å². The Morgan fingerprint density at radius 3 is 2.60 bits per heavy atom. The average molecular weight is 270 g/mol. The Bertz CT molecular complexity index is 597. The van der Waals surface area contributed by atoms with Crippen LogP contribution in [0.1, 0.15) is 22.8 Å². The molecule has 0 saturated carbocycles. The van der Waals surface area contributed by atoms with E-state index in [1.165, 1.54) is 0 Å². The van der Waals surface area contributed by atoms with Crippen molar-refractivity contribution in [2.45, 2.75) is 19.9 Å². The summed E-state index contributed by atoms with van der Waals surface area (Å²) >= 11 is 0. The molecule has 1 amide bonds. The molecule has 2 N–H and O–H groups in total. The third-order valence-electron chi connectivity index (χ3n) is 3.15. The van der Waals surface area contributed by atoms with Crippen LogP contribution in [0.25, 0.3) is 11.1 Å². The lowest BCUT2D eigenvalue weighted by molar-refractivity contribution is 0.0921. The summed E-state index contributed by atoms with van der Waals surface area (Å²) in [6.45, 7) is 3.59. The normalized spacial score (nSPS) is 11.9. The fraction of sp³-hybridized carbons (Fsp3) is 0.250. The Morgan fingerprint density at radius 2 is 1.95 bits per heavy atom. The first kappa shape index (κ1) is 14.2. The zero-order chi connectivity index (χ0) is 14.5. The van der Waals surface area contributed by atoms with Gasteiger partial charge in [-0.25, -0.2) is 0 Å². The number of carbonyl (C=O) groups is 1. The van der Waals surface area contributed by atoms with Gasteiger partial charge in [0.05, 0.1) is 6.61 Å². The van der Waals surface area contributed by atoms with E-state index in [1.54, 1.807) is 19.3 Å². The van der Waals surface area contributed by atoms with E-state index in [1.807, 2.05) is 37.3 Å². The molecular weight excluding hydrogens is 252 g/mol. The highest BCUT2D eigenvalue weighted by Gasteiger charge is 2.12. The molecule has 1 aromatic heterocycles. The first-order valence-electron chi connectivity index (χ1n) is 6.54. The van der Waals surface area contributed by atoms with E-state index in [2.05, 4.69) is 10.3 Å². The van der Waals surface area contributed by atoms with Crippen molar-refractivity contribution < 1.29 is 9.90 Å². The summed E-state index contributed by atoms with van der Waals surface area (Å²) in [4.78, 5) is 16.2. The molecule has 0 aliphatic heterocycles. The topological polar surface area (TPSA) is 62.2 Å². The van der Waals surface area contributed by atoms with Crippen LogP contribution in [-0.2, 0) is 0 Å². The molecule has 4 heteroatoms. The third kappa shape index (κ3) is 3.22. The quantitative estimate of drug-likeness (QED) is 0.895. The van der Waals surface area contributed by atoms with Crippen molar-refractivity contribution in [1.29, 1.82) is 0 Å². The van der Waals surface area contributed by atoms with Crippen LogP contribution >= 0.6 is 0 Å². The number of benzene rings is 1. The fourth-order valence-corrected chi connectivity index (χ4v) is 1.94. The van der Waals surface area contributed by atoms with E-state index in [4.69, 9.17) is 5.11 Å². The Morgan fingerprint density at radius 1 is 1.25 bits per heavy atom. The monoisotopic (exact) mass is 270 g/mol. The van der Waals surface area contributed by atoms with Crippen LogP contribution in [0.3, 0.4) is 0 Å². The first-order chi connectivity index (χ1) is 9.61. The molecule has 1 heterocycles. The highest BCUT2D eigenvalue weighted by atomic mass is 16.3. The molecule has 1 aromatic carbocycles. The molecule has 2 rings (SSSR count). The molecule has 0 saturated heterocycles. The molecule has 104 valence electrons. The largest absolute Gasteiger partial charge is 0.394 e. The third-order valence-corrected chi connectivity index (χ3v) is 3.15. The predicted molar refractivity (Wildman–Crippen MR) is 78.4 cm³/mol. The lowest BCUT2D eigenvalue weighted by atomic mass is 10.00. The van der Waals surface area contributed by atoms with Crippen LogP contribution in [0.5, 0.6) is 0 Å². The summed E-state index contributed by atoms with van der Waals surface area (Å²) in [5, 5.41) is 11.8. The van der Waals surface area contributed by atoms with E-state index in [0.29, 0.717) is 5.56 Å². The van der Waals surface area contributed by atoms with E-state index in [9.17, 15) is 4.79 Å². The summed E-state index contributed by atoms with van der Waals surface area (Å²) in [5.41, 5.74) is 3.52. The minimum atomic E-state index is -0.258. The van der Waals surface area contributed by atoms with E-state index < -0.39 is 0 Å². The van der Waals surface area contributed by atoms with Gasteiger partial charge in [0, 0.05) is 24.0 Å². The molecule has 20 heavy (non-hydrogen) atoms. The van der Waals surface area contributed by atoms with Crippen molar-refractivity contribution >= 4 is 5.91 Å². The van der Waals surface area contributed by atoms with Crippen LogP contribution in [0, 0.1) is 6.92 Å². The number of aromatic nitrogens is 1. The molecule has 0 unspecified atom stereocenters. The summed E-state index contributed by atoms with van der Waals surface area (Å²) in [6, 6.07) is 9.33. The highest BCUT2D eigenvalue weighted by Crippen LogP contribution is 2.21. The van der Waals surface area contributed by atoms with Crippen molar-refractivity contribution in [3.8, 4) is 11.1 Å². The maximum Gasteiger partial charge on any atom is 0.251 e. The molecule has 4 nitrogen and oxygen atoms in total. The molecule has 1 atom stereocenters. The fourth-order valence-electron chi connectivity index (χ4n) is 1.94. The average Bonchev–Trinajstić information content (AvgIpc) is 2.48. The van der Waals surface area contributed by atoms with Crippen LogP contribution in [0.2, 0.25) is 0 Å². The molecule has 0 spiro atoms. The van der Waals surface area contributed by atoms with Crippen molar-refractivity contribution in [3.63, 3.8) is 0 Å². The maximum atomic E-state index is 12.2. The van der Waals surface area contributed by atoms with Gasteiger partial charge in [0.25, 0.3) is 5.91 Å². The van der Waals surface area contributed by atoms with Gasteiger partial charge in [-0.2, -0.15) is 0 Å². The molecule has 0 aliphatic carbocycles. The summed E-state index contributed by atoms with van der Waals surface area (Å²) < 4.78 is 0. The number of nitrogens with zero attached hydrogens (tertiary/aromatic N) is 1. The van der Waals surface area contributed by atoms with E-state index in [0.717, 1.165) is 16.7 Å². The number of aryl methyl sites for hydroxylation is 1. The number of amides is 1. The van der Waals surface area contributed by atoms with Crippen molar-refractivity contribution in [3.05, 3.63) is 53.9 Å². The smallest absolute Gasteiger partial charge is 0.251 e. The highest BCUT2D eigenvalue weighted by molar-refractivity contribution is 5.97. The van der Waals surface area contributed by atoms with Crippen LogP contribution in [-0.4, -0.2) is 28.6 Å². The molecule has 0 bridgehead atoms. The first-order valence-corrected chi connectivity index (χ1v) is 6.54. The van der Waals surface area contributed by atoms with Gasteiger partial charge in [-0.05, 0) is 48.7 Å². The molecule has 2 aromatic rings. The lowest BCUT2D eigenvalue weighted by Crippen LogP contribution is -2.35. The van der Waals surface area contributed by atoms with Crippen LogP contribution in [0.15, 0.2) is 42.7 Å². The van der Waals surface area contributed by atoms with Crippen LogP contribution < -0.4 is 5.32 Å². The number of rotatable bonds is 4. The van der Waals surface area contributed by atoms with Crippen LogP contribution in [0.4, 0.5) is 0 Å². The number of aliphatic hydroxyl groups is 1. The van der Waals surface area contributed by atoms with Gasteiger partial charge in [0.2, 0.25) is 0 Å². The standard InChI is InChI=1S/C16H18N2O2/c1-11-3-4-14(13-5-7-17-8-6-13)9-15(11)16(20)18-12(2)10-19/h3-9,12,19H,10H2,1-2H3,(H,18,20)/t12-/m0/s1. The molecular formula is C16H18N2O2. The van der Waals surface area contributed by atoms with Gasteiger partial charge in [-0.1, -0.05) is 12.1 Å². The molecule has 0 fully saturated rings. The summed E-state index contributed by atoms with van der Waals surface area (Å²) in [5.74, 6) is -0.167. The maximum absolute atomic E-state index is 12.2. The Kier molecular flexibility index (Phi) is 4.48. The molecule has 0 aliphatic rings. The van der Waals surface area contributed by atoms with Gasteiger partial charge >= 0.3 is 0 Å². The predicted octanol–water partition coefficient (Wildman–Crippen LogP) is 2.17. The van der Waals surface area contributed by atoms with Crippen molar-refractivity contribution in [2.75, 3.05) is 6.61 Å². The SMILES string of the molecule is Cc1ccc(-c2ccncc2)cc1C(=O)N[C@@H](C)CO. The number of hydrogen-bond acceptors (Lipinski definition) is 3. The van der Waals surface area contributed by atoms with Gasteiger partial charge in [0.15, 0.2) is 0 Å². The minimum absolute atomic E-state index is 0.0746. The van der Waals surface area contributed by atoms with E-state index >= 15 is 0 Å². The Hall–Kier alpha value is -2.20. The van der Waals surface area contributed by atoms with Crippen molar-refractivity contribution in [1.82, 2.24) is 10.3 Å². The lowest BCUT2D eigenvalue weighted by Gasteiger charge is -2.13.